The Balaban J connectivity index is 2.28. The number of nitrogens with one attached hydrogen (secondary N) is 1. The molecule has 0 aromatic rings. The predicted octanol–water partition coefficient (Wildman–Crippen LogP) is 0.243. The maximum Gasteiger partial charge on any atom is 0.328 e. The predicted molar refractivity (Wildman–Crippen MR) is 51.0 cm³/mol. The van der Waals surface area contributed by atoms with Gasteiger partial charge in [0.1, 0.15) is 12.6 Å². The lowest BCUT2D eigenvalue weighted by atomic mass is 10.2. The van der Waals surface area contributed by atoms with Crippen LogP contribution in [0.15, 0.2) is 0 Å². The summed E-state index contributed by atoms with van der Waals surface area (Å²) >= 11 is 2.12. The highest BCUT2D eigenvalue weighted by molar-refractivity contribution is 14.1. The maximum absolute atomic E-state index is 11.1. The summed E-state index contributed by atoms with van der Waals surface area (Å²) in [5.41, 5.74) is 0. The normalized spacial score (nSPS) is 22.1. The second-order valence-electron chi connectivity index (χ2n) is 2.52. The van der Waals surface area contributed by atoms with E-state index in [0.717, 1.165) is 4.43 Å². The van der Waals surface area contributed by atoms with Crippen LogP contribution in [-0.4, -0.2) is 29.0 Å². The fourth-order valence-corrected chi connectivity index (χ4v) is 1.25. The molecule has 1 aliphatic rings. The van der Waals surface area contributed by atoms with E-state index < -0.39 is 6.04 Å². The van der Waals surface area contributed by atoms with Crippen LogP contribution < -0.4 is 5.32 Å². The zero-order valence-corrected chi connectivity index (χ0v) is 8.67. The zero-order chi connectivity index (χ0) is 8.97. The van der Waals surface area contributed by atoms with Gasteiger partial charge in [0, 0.05) is 10.8 Å². The van der Waals surface area contributed by atoms with Crippen molar-refractivity contribution in [1.29, 1.82) is 0 Å². The summed E-state index contributed by atoms with van der Waals surface area (Å²) in [6.07, 6.45) is 1.00. The summed E-state index contributed by atoms with van der Waals surface area (Å²) in [4.78, 5) is 21.8. The van der Waals surface area contributed by atoms with Gasteiger partial charge in [0.25, 0.3) is 0 Å². The number of carbonyl (C=O) groups is 2. The minimum absolute atomic E-state index is 0.0635. The minimum Gasteiger partial charge on any atom is -0.463 e. The van der Waals surface area contributed by atoms with E-state index in [1.54, 1.807) is 0 Å². The number of alkyl halides is 1. The van der Waals surface area contributed by atoms with Crippen LogP contribution in [0, 0.1) is 0 Å². The fourth-order valence-electron chi connectivity index (χ4n) is 1.03. The van der Waals surface area contributed by atoms with Crippen LogP contribution in [0.5, 0.6) is 0 Å². The molecule has 1 N–H and O–H groups in total. The average molecular weight is 283 g/mol. The second-order valence-corrected chi connectivity index (χ2v) is 3.59. The summed E-state index contributed by atoms with van der Waals surface area (Å²) in [6.45, 7) is 0.422. The maximum atomic E-state index is 11.1. The lowest BCUT2D eigenvalue weighted by Gasteiger charge is -2.08. The largest absolute Gasteiger partial charge is 0.463 e. The molecular formula is C7H10INO3. The standard InChI is InChI=1S/C7H10INO3/c8-3-4-12-7(11)5-1-2-6(10)9-5/h5H,1-4H2,(H,9,10). The van der Waals surface area contributed by atoms with E-state index in [4.69, 9.17) is 4.74 Å². The molecule has 5 heteroatoms. The molecule has 1 rings (SSSR count). The number of ether oxygens (including phenoxy) is 1. The molecule has 1 atom stereocenters. The number of esters is 1. The molecule has 1 saturated heterocycles. The monoisotopic (exact) mass is 283 g/mol. The lowest BCUT2D eigenvalue weighted by Crippen LogP contribution is -2.34. The molecule has 68 valence electrons. The van der Waals surface area contributed by atoms with E-state index in [1.165, 1.54) is 0 Å². The molecule has 0 aromatic heterocycles. The van der Waals surface area contributed by atoms with E-state index in [9.17, 15) is 9.59 Å². The molecule has 0 radical (unpaired) electrons. The summed E-state index contributed by atoms with van der Waals surface area (Å²) in [6, 6.07) is -0.402. The highest BCUT2D eigenvalue weighted by Crippen LogP contribution is 2.07. The molecule has 0 aromatic carbocycles. The molecule has 0 aliphatic carbocycles. The van der Waals surface area contributed by atoms with Gasteiger partial charge < -0.3 is 10.1 Å². The number of halogens is 1. The van der Waals surface area contributed by atoms with Crippen LogP contribution in [0.4, 0.5) is 0 Å². The SMILES string of the molecule is O=C1CCC(C(=O)OCCI)N1. The van der Waals surface area contributed by atoms with Crippen LogP contribution in [0.3, 0.4) is 0 Å². The van der Waals surface area contributed by atoms with Crippen molar-refractivity contribution < 1.29 is 14.3 Å². The van der Waals surface area contributed by atoms with Gasteiger partial charge in [-0.2, -0.15) is 0 Å². The van der Waals surface area contributed by atoms with E-state index in [2.05, 4.69) is 27.9 Å². The van der Waals surface area contributed by atoms with Gasteiger partial charge in [-0.15, -0.1) is 0 Å². The van der Waals surface area contributed by atoms with Crippen molar-refractivity contribution in [3.05, 3.63) is 0 Å². The third kappa shape index (κ3) is 2.62. The van der Waals surface area contributed by atoms with E-state index in [-0.39, 0.29) is 11.9 Å². The van der Waals surface area contributed by atoms with Crippen LogP contribution in [0.25, 0.3) is 0 Å². The Morgan fingerprint density at radius 1 is 1.75 bits per heavy atom. The van der Waals surface area contributed by atoms with Crippen LogP contribution in [-0.2, 0) is 14.3 Å². The van der Waals surface area contributed by atoms with Crippen molar-refractivity contribution in [2.75, 3.05) is 11.0 Å². The van der Waals surface area contributed by atoms with Gasteiger partial charge in [0.15, 0.2) is 0 Å². The highest BCUT2D eigenvalue weighted by atomic mass is 127. The fraction of sp³-hybridized carbons (Fsp3) is 0.714. The van der Waals surface area contributed by atoms with Gasteiger partial charge in [0.2, 0.25) is 5.91 Å². The zero-order valence-electron chi connectivity index (χ0n) is 6.51. The topological polar surface area (TPSA) is 55.4 Å². The first-order valence-corrected chi connectivity index (χ1v) is 5.28. The van der Waals surface area contributed by atoms with Gasteiger partial charge in [-0.25, -0.2) is 4.79 Å². The van der Waals surface area contributed by atoms with E-state index in [0.29, 0.717) is 19.4 Å². The van der Waals surface area contributed by atoms with Gasteiger partial charge >= 0.3 is 5.97 Å². The Labute approximate surface area is 84.2 Å². The number of hydrogen-bond acceptors (Lipinski definition) is 3. The van der Waals surface area contributed by atoms with Crippen molar-refractivity contribution in [1.82, 2.24) is 5.32 Å². The molecule has 0 spiro atoms. The molecule has 1 aliphatic heterocycles. The molecule has 12 heavy (non-hydrogen) atoms. The first-order valence-electron chi connectivity index (χ1n) is 3.76. The summed E-state index contributed by atoms with van der Waals surface area (Å²) in [5, 5.41) is 2.55. The molecule has 1 amide bonds. The molecule has 0 saturated carbocycles. The smallest absolute Gasteiger partial charge is 0.328 e. The van der Waals surface area contributed by atoms with E-state index in [1.807, 2.05) is 0 Å². The molecule has 1 fully saturated rings. The Morgan fingerprint density at radius 3 is 3.00 bits per heavy atom. The van der Waals surface area contributed by atoms with Crippen molar-refractivity contribution in [3.63, 3.8) is 0 Å². The quantitative estimate of drug-likeness (QED) is 0.459. The van der Waals surface area contributed by atoms with Gasteiger partial charge in [-0.05, 0) is 6.42 Å². The average Bonchev–Trinajstić information content (AvgIpc) is 2.47. The minimum atomic E-state index is -0.402. The van der Waals surface area contributed by atoms with Crippen molar-refractivity contribution in [3.8, 4) is 0 Å². The molecule has 1 unspecified atom stereocenters. The third-order valence-corrected chi connectivity index (χ3v) is 2.04. The second kappa shape index (κ2) is 4.64. The summed E-state index contributed by atoms with van der Waals surface area (Å²) < 4.78 is 5.64. The van der Waals surface area contributed by atoms with E-state index >= 15 is 0 Å². The lowest BCUT2D eigenvalue weighted by molar-refractivity contribution is -0.145. The number of rotatable bonds is 3. The van der Waals surface area contributed by atoms with Crippen molar-refractivity contribution >= 4 is 34.5 Å². The molecular weight excluding hydrogens is 273 g/mol. The van der Waals surface area contributed by atoms with Crippen LogP contribution >= 0.6 is 22.6 Å². The Hall–Kier alpha value is -0.330. The van der Waals surface area contributed by atoms with Crippen molar-refractivity contribution in [2.45, 2.75) is 18.9 Å². The number of amides is 1. The third-order valence-electron chi connectivity index (χ3n) is 1.60. The van der Waals surface area contributed by atoms with Gasteiger partial charge in [0.05, 0.1) is 0 Å². The van der Waals surface area contributed by atoms with Crippen molar-refractivity contribution in [2.24, 2.45) is 0 Å². The summed E-state index contributed by atoms with van der Waals surface area (Å²) in [5.74, 6) is -0.371. The highest BCUT2D eigenvalue weighted by Gasteiger charge is 2.28. The van der Waals surface area contributed by atoms with Crippen LogP contribution in [0.1, 0.15) is 12.8 Å². The Bertz CT molecular complexity index is 195. The van der Waals surface area contributed by atoms with Gasteiger partial charge in [-0.3, -0.25) is 4.79 Å². The molecule has 4 nitrogen and oxygen atoms in total. The van der Waals surface area contributed by atoms with Gasteiger partial charge in [-0.1, -0.05) is 22.6 Å². The number of carbonyl (C=O) groups excluding carboxylic acids is 2. The molecule has 0 bridgehead atoms. The molecule has 1 heterocycles. The number of hydrogen-bond donors (Lipinski definition) is 1. The first kappa shape index (κ1) is 9.76. The first-order chi connectivity index (χ1) is 5.74. The Morgan fingerprint density at radius 2 is 2.50 bits per heavy atom. The summed E-state index contributed by atoms with van der Waals surface area (Å²) in [7, 11) is 0. The van der Waals surface area contributed by atoms with Crippen LogP contribution in [0.2, 0.25) is 0 Å². The Kier molecular flexibility index (Phi) is 3.77.